The van der Waals surface area contributed by atoms with Crippen molar-refractivity contribution in [3.8, 4) is 0 Å². The van der Waals surface area contributed by atoms with Crippen LogP contribution in [-0.4, -0.2) is 54.6 Å². The van der Waals surface area contributed by atoms with Crippen LogP contribution in [0.25, 0.3) is 0 Å². The fourth-order valence-electron chi connectivity index (χ4n) is 2.93. The first-order chi connectivity index (χ1) is 7.55. The van der Waals surface area contributed by atoms with E-state index in [1.54, 1.807) is 0 Å². The highest BCUT2D eigenvalue weighted by Crippen LogP contribution is 2.36. The molecular weight excluding hydrogens is 202 g/mol. The van der Waals surface area contributed by atoms with Gasteiger partial charge < -0.3 is 9.80 Å². The van der Waals surface area contributed by atoms with E-state index in [4.69, 9.17) is 0 Å². The van der Waals surface area contributed by atoms with Gasteiger partial charge >= 0.3 is 0 Å². The summed E-state index contributed by atoms with van der Waals surface area (Å²) in [6.07, 6.45) is 4.62. The molecular formula is C12H23N3O. The Kier molecular flexibility index (Phi) is 3.22. The summed E-state index contributed by atoms with van der Waals surface area (Å²) in [5.74, 6) is 0.333. The highest BCUT2D eigenvalue weighted by atomic mass is 16.2. The summed E-state index contributed by atoms with van der Waals surface area (Å²) in [5.41, 5.74) is -0.203. The summed E-state index contributed by atoms with van der Waals surface area (Å²) in [7, 11) is 4.09. The molecule has 4 heteroatoms. The van der Waals surface area contributed by atoms with Crippen molar-refractivity contribution in [2.75, 3.05) is 27.2 Å². The Balaban J connectivity index is 2.02. The second-order valence-corrected chi connectivity index (χ2v) is 5.41. The van der Waals surface area contributed by atoms with Gasteiger partial charge in [0, 0.05) is 13.1 Å². The lowest BCUT2D eigenvalue weighted by atomic mass is 9.98. The van der Waals surface area contributed by atoms with Crippen molar-refractivity contribution in [3.05, 3.63) is 0 Å². The van der Waals surface area contributed by atoms with E-state index in [0.29, 0.717) is 5.91 Å². The van der Waals surface area contributed by atoms with Gasteiger partial charge in [0.1, 0.15) is 0 Å². The first-order valence-corrected chi connectivity index (χ1v) is 6.29. The molecule has 4 nitrogen and oxygen atoms in total. The van der Waals surface area contributed by atoms with E-state index in [1.807, 2.05) is 19.0 Å². The number of carbonyl (C=O) groups is 1. The first kappa shape index (κ1) is 11.9. The minimum absolute atomic E-state index is 0.200. The van der Waals surface area contributed by atoms with E-state index in [1.165, 1.54) is 12.8 Å². The number of amides is 1. The van der Waals surface area contributed by atoms with Crippen LogP contribution in [0.5, 0.6) is 0 Å². The Hall–Kier alpha value is -0.610. The predicted molar refractivity (Wildman–Crippen MR) is 64.1 cm³/mol. The van der Waals surface area contributed by atoms with Gasteiger partial charge in [-0.3, -0.25) is 10.1 Å². The van der Waals surface area contributed by atoms with Crippen molar-refractivity contribution in [2.24, 2.45) is 0 Å². The Labute approximate surface area is 98.0 Å². The predicted octanol–water partition coefficient (Wildman–Crippen LogP) is 0.639. The van der Waals surface area contributed by atoms with Gasteiger partial charge in [-0.2, -0.15) is 0 Å². The van der Waals surface area contributed by atoms with Crippen molar-refractivity contribution < 1.29 is 4.79 Å². The topological polar surface area (TPSA) is 35.6 Å². The molecule has 1 atom stereocenters. The van der Waals surface area contributed by atoms with Crippen molar-refractivity contribution in [1.82, 2.24) is 15.1 Å². The largest absolute Gasteiger partial charge is 0.325 e. The molecule has 0 aromatic heterocycles. The quantitative estimate of drug-likeness (QED) is 0.765. The van der Waals surface area contributed by atoms with Crippen molar-refractivity contribution in [2.45, 2.75) is 44.3 Å². The van der Waals surface area contributed by atoms with Crippen LogP contribution in [0.4, 0.5) is 0 Å². The van der Waals surface area contributed by atoms with Crippen LogP contribution in [-0.2, 0) is 4.79 Å². The molecule has 2 aliphatic rings. The molecule has 0 aromatic rings. The smallest absolute Gasteiger partial charge is 0.244 e. The van der Waals surface area contributed by atoms with Gasteiger partial charge in [-0.15, -0.1) is 0 Å². The summed E-state index contributed by atoms with van der Waals surface area (Å²) in [6.45, 7) is 3.87. The summed E-state index contributed by atoms with van der Waals surface area (Å²) in [5, 5.41) is 3.51. The lowest BCUT2D eigenvalue weighted by Crippen LogP contribution is -2.44. The van der Waals surface area contributed by atoms with E-state index in [9.17, 15) is 4.79 Å². The van der Waals surface area contributed by atoms with Gasteiger partial charge in [0.05, 0.1) is 11.7 Å². The maximum Gasteiger partial charge on any atom is 0.244 e. The lowest BCUT2D eigenvalue weighted by Gasteiger charge is -2.23. The molecule has 1 heterocycles. The minimum Gasteiger partial charge on any atom is -0.325 e. The standard InChI is InChI=1S/C12H23N3O/c1-10-13-12(6-4-5-7-12)11(16)15(10)9-8-14(2)3/h10,13H,4-9H2,1-3H3. The third-order valence-corrected chi connectivity index (χ3v) is 3.87. The fraction of sp³-hybridized carbons (Fsp3) is 0.917. The normalized spacial score (nSPS) is 28.6. The molecule has 1 saturated heterocycles. The number of nitrogens with zero attached hydrogens (tertiary/aromatic N) is 2. The van der Waals surface area contributed by atoms with Crippen LogP contribution in [0, 0.1) is 0 Å². The number of rotatable bonds is 3. The van der Waals surface area contributed by atoms with Gasteiger partial charge in [-0.25, -0.2) is 0 Å². The van der Waals surface area contributed by atoms with Crippen molar-refractivity contribution in [1.29, 1.82) is 0 Å². The summed E-state index contributed by atoms with van der Waals surface area (Å²) >= 11 is 0. The number of likely N-dealkylation sites (N-methyl/N-ethyl adjacent to an activating group) is 1. The van der Waals surface area contributed by atoms with E-state index in [-0.39, 0.29) is 11.7 Å². The Morgan fingerprint density at radius 3 is 2.62 bits per heavy atom. The van der Waals surface area contributed by atoms with Gasteiger partial charge in [0.25, 0.3) is 0 Å². The van der Waals surface area contributed by atoms with Gasteiger partial charge in [0.15, 0.2) is 0 Å². The van der Waals surface area contributed by atoms with E-state index < -0.39 is 0 Å². The zero-order valence-electron chi connectivity index (χ0n) is 10.6. The van der Waals surface area contributed by atoms with Crippen LogP contribution in [0.1, 0.15) is 32.6 Å². The van der Waals surface area contributed by atoms with E-state index in [2.05, 4.69) is 17.1 Å². The van der Waals surface area contributed by atoms with Gasteiger partial charge in [-0.05, 0) is 33.9 Å². The van der Waals surface area contributed by atoms with Crippen LogP contribution < -0.4 is 5.32 Å². The molecule has 1 aliphatic carbocycles. The summed E-state index contributed by atoms with van der Waals surface area (Å²) in [4.78, 5) is 16.5. The molecule has 1 N–H and O–H groups in total. The second-order valence-electron chi connectivity index (χ2n) is 5.41. The average Bonchev–Trinajstić information content (AvgIpc) is 2.74. The molecule has 2 rings (SSSR count). The van der Waals surface area contributed by atoms with Crippen LogP contribution >= 0.6 is 0 Å². The highest BCUT2D eigenvalue weighted by molar-refractivity contribution is 5.89. The number of nitrogens with one attached hydrogen (secondary N) is 1. The highest BCUT2D eigenvalue weighted by Gasteiger charge is 2.50. The number of carbonyl (C=O) groups excluding carboxylic acids is 1. The fourth-order valence-corrected chi connectivity index (χ4v) is 2.93. The lowest BCUT2D eigenvalue weighted by molar-refractivity contribution is -0.133. The minimum atomic E-state index is -0.203. The second kappa shape index (κ2) is 4.34. The molecule has 2 fully saturated rings. The molecule has 1 saturated carbocycles. The number of hydrogen-bond donors (Lipinski definition) is 1. The third kappa shape index (κ3) is 1.96. The maximum absolute atomic E-state index is 12.4. The monoisotopic (exact) mass is 225 g/mol. The average molecular weight is 225 g/mol. The molecule has 1 spiro atoms. The Morgan fingerprint density at radius 1 is 1.44 bits per heavy atom. The van der Waals surface area contributed by atoms with E-state index in [0.717, 1.165) is 25.9 Å². The van der Waals surface area contributed by atoms with Crippen molar-refractivity contribution in [3.63, 3.8) is 0 Å². The molecule has 0 radical (unpaired) electrons. The Bertz CT molecular complexity index is 271. The first-order valence-electron chi connectivity index (χ1n) is 6.29. The third-order valence-electron chi connectivity index (χ3n) is 3.87. The maximum atomic E-state index is 12.4. The molecule has 1 unspecified atom stereocenters. The van der Waals surface area contributed by atoms with Crippen LogP contribution in [0.3, 0.4) is 0 Å². The summed E-state index contributed by atoms with van der Waals surface area (Å²) in [6, 6.07) is 0. The zero-order chi connectivity index (χ0) is 11.8. The molecule has 1 amide bonds. The van der Waals surface area contributed by atoms with Gasteiger partial charge in [-0.1, -0.05) is 12.8 Å². The van der Waals surface area contributed by atoms with Crippen LogP contribution in [0.15, 0.2) is 0 Å². The molecule has 0 aromatic carbocycles. The number of hydrogen-bond acceptors (Lipinski definition) is 3. The van der Waals surface area contributed by atoms with E-state index >= 15 is 0 Å². The molecule has 1 aliphatic heterocycles. The zero-order valence-corrected chi connectivity index (χ0v) is 10.6. The van der Waals surface area contributed by atoms with Gasteiger partial charge in [0.2, 0.25) is 5.91 Å². The SMILES string of the molecule is CC1NC2(CCCC2)C(=O)N1CCN(C)C. The molecule has 16 heavy (non-hydrogen) atoms. The van der Waals surface area contributed by atoms with Crippen LogP contribution in [0.2, 0.25) is 0 Å². The molecule has 0 bridgehead atoms. The van der Waals surface area contributed by atoms with Crippen molar-refractivity contribution >= 4 is 5.91 Å². The summed E-state index contributed by atoms with van der Waals surface area (Å²) < 4.78 is 0. The molecule has 92 valence electrons. The Morgan fingerprint density at radius 2 is 2.06 bits per heavy atom.